The van der Waals surface area contributed by atoms with E-state index in [1.807, 2.05) is 0 Å². The van der Waals surface area contributed by atoms with Crippen LogP contribution in [0.2, 0.25) is 5.02 Å². The second-order valence-corrected chi connectivity index (χ2v) is 5.85. The minimum Gasteiger partial charge on any atom is -0.311 e. The fourth-order valence-electron chi connectivity index (χ4n) is 2.38. The van der Waals surface area contributed by atoms with Gasteiger partial charge in [-0.1, -0.05) is 23.7 Å². The fourth-order valence-corrected chi connectivity index (χ4v) is 2.60. The maximum absolute atomic E-state index is 12.0. The van der Waals surface area contributed by atoms with Crippen molar-refractivity contribution < 1.29 is 9.59 Å². The van der Waals surface area contributed by atoms with Crippen molar-refractivity contribution in [1.29, 1.82) is 0 Å². The second kappa shape index (κ2) is 7.02. The van der Waals surface area contributed by atoms with Crippen LogP contribution < -0.4 is 10.6 Å². The predicted molar refractivity (Wildman–Crippen MR) is 82.4 cm³/mol. The molecule has 1 saturated heterocycles. The van der Waals surface area contributed by atoms with Crippen molar-refractivity contribution in [3.05, 3.63) is 34.9 Å². The highest BCUT2D eigenvalue weighted by atomic mass is 35.5. The number of halogens is 1. The van der Waals surface area contributed by atoms with E-state index in [-0.39, 0.29) is 18.5 Å². The number of nitrogens with one attached hydrogen (secondary N) is 2. The van der Waals surface area contributed by atoms with E-state index in [2.05, 4.69) is 29.4 Å². The Morgan fingerprint density at radius 3 is 2.81 bits per heavy atom. The standard InChI is InChI=1S/C15H20ClN3O2/c1-10-8-19(11(2)7-17-10)9-14(20)18-15(21)12-5-3-4-6-13(12)16/h3-6,10-11,17H,7-9H2,1-2H3,(H,18,20,21). The molecule has 6 heteroatoms. The molecule has 2 atom stereocenters. The van der Waals surface area contributed by atoms with Crippen molar-refractivity contribution in [3.8, 4) is 0 Å². The summed E-state index contributed by atoms with van der Waals surface area (Å²) < 4.78 is 0. The molecule has 21 heavy (non-hydrogen) atoms. The molecule has 0 saturated carbocycles. The lowest BCUT2D eigenvalue weighted by Gasteiger charge is -2.36. The number of benzene rings is 1. The van der Waals surface area contributed by atoms with Gasteiger partial charge in [0.25, 0.3) is 5.91 Å². The van der Waals surface area contributed by atoms with Crippen LogP contribution in [0, 0.1) is 0 Å². The topological polar surface area (TPSA) is 61.4 Å². The van der Waals surface area contributed by atoms with Gasteiger partial charge in [0, 0.05) is 25.2 Å². The van der Waals surface area contributed by atoms with Gasteiger partial charge < -0.3 is 5.32 Å². The number of hydrogen-bond donors (Lipinski definition) is 2. The Morgan fingerprint density at radius 2 is 2.10 bits per heavy atom. The lowest BCUT2D eigenvalue weighted by molar-refractivity contribution is -0.122. The lowest BCUT2D eigenvalue weighted by Crippen LogP contribution is -2.56. The third kappa shape index (κ3) is 4.27. The van der Waals surface area contributed by atoms with Gasteiger partial charge in [0.15, 0.2) is 0 Å². The molecule has 2 rings (SSSR count). The molecule has 0 radical (unpaired) electrons. The van der Waals surface area contributed by atoms with E-state index < -0.39 is 5.91 Å². The first-order valence-electron chi connectivity index (χ1n) is 7.03. The van der Waals surface area contributed by atoms with Crippen molar-refractivity contribution in [2.45, 2.75) is 25.9 Å². The minimum atomic E-state index is -0.457. The Hall–Kier alpha value is -1.43. The van der Waals surface area contributed by atoms with Crippen LogP contribution in [-0.4, -0.2) is 48.4 Å². The Bertz CT molecular complexity index is 535. The highest BCUT2D eigenvalue weighted by Gasteiger charge is 2.24. The van der Waals surface area contributed by atoms with E-state index in [9.17, 15) is 9.59 Å². The highest BCUT2D eigenvalue weighted by molar-refractivity contribution is 6.34. The van der Waals surface area contributed by atoms with Gasteiger partial charge >= 0.3 is 0 Å². The summed E-state index contributed by atoms with van der Waals surface area (Å²) in [4.78, 5) is 26.1. The van der Waals surface area contributed by atoms with Gasteiger partial charge in [-0.25, -0.2) is 0 Å². The number of carbonyl (C=O) groups excluding carboxylic acids is 2. The molecule has 0 aliphatic carbocycles. The molecule has 1 aliphatic rings. The molecule has 0 spiro atoms. The first kappa shape index (κ1) is 15.9. The van der Waals surface area contributed by atoms with Crippen LogP contribution in [0.4, 0.5) is 0 Å². The van der Waals surface area contributed by atoms with Gasteiger partial charge in [-0.2, -0.15) is 0 Å². The molecule has 1 fully saturated rings. The predicted octanol–water partition coefficient (Wildman–Crippen LogP) is 1.28. The lowest BCUT2D eigenvalue weighted by atomic mass is 10.1. The normalized spacial score (nSPS) is 22.8. The number of carbonyl (C=O) groups is 2. The molecule has 2 amide bonds. The second-order valence-electron chi connectivity index (χ2n) is 5.44. The van der Waals surface area contributed by atoms with E-state index in [1.165, 1.54) is 0 Å². The first-order valence-corrected chi connectivity index (χ1v) is 7.41. The van der Waals surface area contributed by atoms with Gasteiger partial charge in [0.05, 0.1) is 17.1 Å². The Labute approximate surface area is 129 Å². The third-order valence-corrected chi connectivity index (χ3v) is 3.94. The van der Waals surface area contributed by atoms with Gasteiger partial charge in [-0.05, 0) is 26.0 Å². The summed E-state index contributed by atoms with van der Waals surface area (Å²) >= 11 is 5.95. The summed E-state index contributed by atoms with van der Waals surface area (Å²) in [5, 5.41) is 6.09. The van der Waals surface area contributed by atoms with E-state index >= 15 is 0 Å². The van der Waals surface area contributed by atoms with Crippen molar-refractivity contribution in [2.24, 2.45) is 0 Å². The molecule has 1 aliphatic heterocycles. The van der Waals surface area contributed by atoms with Gasteiger partial charge in [0.2, 0.25) is 5.91 Å². The molecule has 0 aromatic heterocycles. The number of piperazine rings is 1. The average Bonchev–Trinajstić information content (AvgIpc) is 2.43. The zero-order valence-electron chi connectivity index (χ0n) is 12.2. The van der Waals surface area contributed by atoms with Crippen LogP contribution in [-0.2, 0) is 4.79 Å². The summed E-state index contributed by atoms with van der Waals surface area (Å²) in [6.07, 6.45) is 0. The van der Waals surface area contributed by atoms with Gasteiger partial charge in [-0.3, -0.25) is 19.8 Å². The number of nitrogens with zero attached hydrogens (tertiary/aromatic N) is 1. The number of imide groups is 1. The van der Waals surface area contributed by atoms with Crippen molar-refractivity contribution in [1.82, 2.24) is 15.5 Å². The monoisotopic (exact) mass is 309 g/mol. The quantitative estimate of drug-likeness (QED) is 0.883. The van der Waals surface area contributed by atoms with Crippen LogP contribution in [0.5, 0.6) is 0 Å². The van der Waals surface area contributed by atoms with Crippen LogP contribution >= 0.6 is 11.6 Å². The van der Waals surface area contributed by atoms with E-state index in [1.54, 1.807) is 24.3 Å². The number of rotatable bonds is 3. The summed E-state index contributed by atoms with van der Waals surface area (Å²) in [6, 6.07) is 7.29. The maximum atomic E-state index is 12.0. The molecular formula is C15H20ClN3O2. The maximum Gasteiger partial charge on any atom is 0.259 e. The Balaban J connectivity index is 1.92. The summed E-state index contributed by atoms with van der Waals surface area (Å²) in [5.41, 5.74) is 0.314. The molecule has 5 nitrogen and oxygen atoms in total. The summed E-state index contributed by atoms with van der Waals surface area (Å²) in [6.45, 7) is 5.97. The number of hydrogen-bond acceptors (Lipinski definition) is 4. The van der Waals surface area contributed by atoms with Gasteiger partial charge in [-0.15, -0.1) is 0 Å². The zero-order valence-corrected chi connectivity index (χ0v) is 13.0. The molecule has 1 heterocycles. The summed E-state index contributed by atoms with van der Waals surface area (Å²) in [7, 11) is 0. The zero-order chi connectivity index (χ0) is 15.4. The first-order chi connectivity index (χ1) is 9.97. The SMILES string of the molecule is CC1CN(CC(=O)NC(=O)c2ccccc2Cl)C(C)CN1. The highest BCUT2D eigenvalue weighted by Crippen LogP contribution is 2.14. The van der Waals surface area contributed by atoms with Crippen LogP contribution in [0.3, 0.4) is 0 Å². The van der Waals surface area contributed by atoms with E-state index in [4.69, 9.17) is 11.6 Å². The molecular weight excluding hydrogens is 290 g/mol. The average molecular weight is 310 g/mol. The Kier molecular flexibility index (Phi) is 5.33. The smallest absolute Gasteiger partial charge is 0.259 e. The van der Waals surface area contributed by atoms with Gasteiger partial charge in [0.1, 0.15) is 0 Å². The summed E-state index contributed by atoms with van der Waals surface area (Å²) in [5.74, 6) is -0.762. The number of amides is 2. The molecule has 1 aromatic carbocycles. The van der Waals surface area contributed by atoms with Crippen molar-refractivity contribution in [2.75, 3.05) is 19.6 Å². The third-order valence-electron chi connectivity index (χ3n) is 3.61. The molecule has 1 aromatic rings. The van der Waals surface area contributed by atoms with Crippen LogP contribution in [0.1, 0.15) is 24.2 Å². The van der Waals surface area contributed by atoms with Crippen molar-refractivity contribution in [3.63, 3.8) is 0 Å². The van der Waals surface area contributed by atoms with Crippen molar-refractivity contribution >= 4 is 23.4 Å². The van der Waals surface area contributed by atoms with Crippen LogP contribution in [0.25, 0.3) is 0 Å². The molecule has 2 N–H and O–H groups in total. The van der Waals surface area contributed by atoms with E-state index in [0.29, 0.717) is 16.6 Å². The largest absolute Gasteiger partial charge is 0.311 e. The van der Waals surface area contributed by atoms with E-state index in [0.717, 1.165) is 13.1 Å². The van der Waals surface area contributed by atoms with Crippen LogP contribution in [0.15, 0.2) is 24.3 Å². The molecule has 2 unspecified atom stereocenters. The molecule has 114 valence electrons. The minimum absolute atomic E-state index is 0.212. The Morgan fingerprint density at radius 1 is 1.38 bits per heavy atom. The molecule has 0 bridgehead atoms. The fraction of sp³-hybridized carbons (Fsp3) is 0.467.